The van der Waals surface area contributed by atoms with E-state index in [9.17, 15) is 14.4 Å². The Balaban J connectivity index is 1.41. The van der Waals surface area contributed by atoms with Gasteiger partial charge < -0.3 is 20.1 Å². The maximum absolute atomic E-state index is 13.2. The van der Waals surface area contributed by atoms with Gasteiger partial charge in [-0.3, -0.25) is 9.59 Å². The van der Waals surface area contributed by atoms with Crippen molar-refractivity contribution in [3.8, 4) is 11.1 Å². The van der Waals surface area contributed by atoms with E-state index in [1.165, 1.54) is 0 Å². The normalized spacial score (nSPS) is 18.9. The molecule has 0 aromatic heterocycles. The summed E-state index contributed by atoms with van der Waals surface area (Å²) in [5.41, 5.74) is 5.58. The fraction of sp³-hybridized carbons (Fsp3) is 0.393. The minimum atomic E-state index is -0.833. The highest BCUT2D eigenvalue weighted by atomic mass is 16.5. The van der Waals surface area contributed by atoms with E-state index >= 15 is 0 Å². The fourth-order valence-electron chi connectivity index (χ4n) is 4.89. The van der Waals surface area contributed by atoms with Gasteiger partial charge in [0.2, 0.25) is 5.91 Å². The van der Waals surface area contributed by atoms with Gasteiger partial charge in [0.1, 0.15) is 12.6 Å². The SMILES string of the molecule is CC(C)=CCC(NC(=O)OCC1c2ccccc2-c2ccccc21)C(=O)N(C)C1CC(C(=O)O)C1. The zero-order valence-electron chi connectivity index (χ0n) is 20.4. The second kappa shape index (κ2) is 10.3. The number of likely N-dealkylation sites (N-methyl/N-ethyl adjacent to an activating group) is 1. The molecule has 7 heteroatoms. The van der Waals surface area contributed by atoms with E-state index in [-0.39, 0.29) is 24.5 Å². The van der Waals surface area contributed by atoms with E-state index in [4.69, 9.17) is 9.84 Å². The molecule has 0 aliphatic heterocycles. The summed E-state index contributed by atoms with van der Waals surface area (Å²) in [6, 6.07) is 15.3. The molecule has 1 saturated carbocycles. The van der Waals surface area contributed by atoms with Crippen molar-refractivity contribution in [2.45, 2.75) is 51.1 Å². The molecule has 2 aromatic rings. The maximum Gasteiger partial charge on any atom is 0.407 e. The molecule has 2 aliphatic rings. The zero-order valence-corrected chi connectivity index (χ0v) is 20.4. The van der Waals surface area contributed by atoms with E-state index in [1.807, 2.05) is 44.2 Å². The predicted octanol–water partition coefficient (Wildman–Crippen LogP) is 4.57. The largest absolute Gasteiger partial charge is 0.481 e. The first kappa shape index (κ1) is 24.5. The lowest BCUT2D eigenvalue weighted by Crippen LogP contribution is -2.54. The summed E-state index contributed by atoms with van der Waals surface area (Å²) >= 11 is 0. The first-order valence-corrected chi connectivity index (χ1v) is 12.0. The number of hydrogen-bond donors (Lipinski definition) is 2. The van der Waals surface area contributed by atoms with Crippen molar-refractivity contribution >= 4 is 18.0 Å². The fourth-order valence-corrected chi connectivity index (χ4v) is 4.89. The highest BCUT2D eigenvalue weighted by Crippen LogP contribution is 2.44. The number of amides is 2. The van der Waals surface area contributed by atoms with Crippen LogP contribution in [0.25, 0.3) is 11.1 Å². The zero-order chi connectivity index (χ0) is 25.1. The molecule has 2 N–H and O–H groups in total. The Morgan fingerprint density at radius 1 is 1.06 bits per heavy atom. The Labute approximate surface area is 205 Å². The molecule has 1 fully saturated rings. The molecule has 1 unspecified atom stereocenters. The quantitative estimate of drug-likeness (QED) is 0.544. The van der Waals surface area contributed by atoms with Crippen LogP contribution in [0, 0.1) is 5.92 Å². The molecule has 0 radical (unpaired) electrons. The average molecular weight is 477 g/mol. The minimum Gasteiger partial charge on any atom is -0.481 e. The van der Waals surface area contributed by atoms with Gasteiger partial charge in [0.25, 0.3) is 0 Å². The number of nitrogens with zero attached hydrogens (tertiary/aromatic N) is 1. The van der Waals surface area contributed by atoms with Crippen LogP contribution in [0.2, 0.25) is 0 Å². The lowest BCUT2D eigenvalue weighted by molar-refractivity contribution is -0.150. The van der Waals surface area contributed by atoms with E-state index in [0.29, 0.717) is 19.3 Å². The number of hydrogen-bond acceptors (Lipinski definition) is 4. The molecule has 0 bridgehead atoms. The van der Waals surface area contributed by atoms with Crippen molar-refractivity contribution < 1.29 is 24.2 Å². The van der Waals surface area contributed by atoms with Crippen LogP contribution in [0.3, 0.4) is 0 Å². The monoisotopic (exact) mass is 476 g/mol. The number of carboxylic acid groups (broad SMARTS) is 1. The number of rotatable bonds is 8. The lowest BCUT2D eigenvalue weighted by atomic mass is 9.79. The second-order valence-electron chi connectivity index (χ2n) is 9.65. The molecular weight excluding hydrogens is 444 g/mol. The van der Waals surface area contributed by atoms with Gasteiger partial charge in [0, 0.05) is 19.0 Å². The molecule has 184 valence electrons. The van der Waals surface area contributed by atoms with E-state index < -0.39 is 24.0 Å². The number of allylic oxidation sites excluding steroid dienone is 1. The van der Waals surface area contributed by atoms with Gasteiger partial charge in [-0.1, -0.05) is 60.2 Å². The molecule has 0 saturated heterocycles. The molecule has 7 nitrogen and oxygen atoms in total. The molecule has 0 heterocycles. The highest BCUT2D eigenvalue weighted by Gasteiger charge is 2.40. The molecule has 4 rings (SSSR count). The molecular formula is C28H32N2O5. The summed E-state index contributed by atoms with van der Waals surface area (Å²) in [5, 5.41) is 11.9. The summed E-state index contributed by atoms with van der Waals surface area (Å²) < 4.78 is 5.64. The van der Waals surface area contributed by atoms with Crippen LogP contribution in [-0.4, -0.2) is 53.7 Å². The number of benzene rings is 2. The van der Waals surface area contributed by atoms with Gasteiger partial charge in [-0.05, 0) is 55.4 Å². The Kier molecular flexibility index (Phi) is 7.24. The molecule has 2 aromatic carbocycles. The van der Waals surface area contributed by atoms with Crippen molar-refractivity contribution in [3.05, 3.63) is 71.3 Å². The summed E-state index contributed by atoms with van der Waals surface area (Å²) in [6.07, 6.45) is 2.46. The number of carboxylic acids is 1. The van der Waals surface area contributed by atoms with Gasteiger partial charge in [0.15, 0.2) is 0 Å². The van der Waals surface area contributed by atoms with Crippen LogP contribution in [0.15, 0.2) is 60.2 Å². The highest BCUT2D eigenvalue weighted by molar-refractivity contribution is 5.86. The molecule has 2 aliphatic carbocycles. The van der Waals surface area contributed by atoms with Gasteiger partial charge in [-0.25, -0.2) is 4.79 Å². The molecule has 2 amide bonds. The van der Waals surface area contributed by atoms with Crippen LogP contribution < -0.4 is 5.32 Å². The maximum atomic E-state index is 13.2. The molecule has 0 spiro atoms. The van der Waals surface area contributed by atoms with Gasteiger partial charge in [-0.15, -0.1) is 0 Å². The second-order valence-corrected chi connectivity index (χ2v) is 9.65. The number of fused-ring (bicyclic) bond motifs is 3. The van der Waals surface area contributed by atoms with Gasteiger partial charge in [-0.2, -0.15) is 0 Å². The third-order valence-corrected chi connectivity index (χ3v) is 7.05. The Morgan fingerprint density at radius 3 is 2.17 bits per heavy atom. The number of aliphatic carboxylic acids is 1. The average Bonchev–Trinajstić information content (AvgIpc) is 3.12. The number of nitrogens with one attached hydrogen (secondary N) is 1. The van der Waals surface area contributed by atoms with E-state index in [1.54, 1.807) is 11.9 Å². The number of carbonyl (C=O) groups excluding carboxylic acids is 2. The van der Waals surface area contributed by atoms with Crippen LogP contribution in [0.4, 0.5) is 4.79 Å². The summed E-state index contributed by atoms with van der Waals surface area (Å²) in [6.45, 7) is 4.03. The van der Waals surface area contributed by atoms with Crippen molar-refractivity contribution in [3.63, 3.8) is 0 Å². The topological polar surface area (TPSA) is 95.9 Å². The number of alkyl carbamates (subject to hydrolysis) is 1. The summed E-state index contributed by atoms with van der Waals surface area (Å²) in [5.74, 6) is -1.56. The molecule has 1 atom stereocenters. The third kappa shape index (κ3) is 5.24. The van der Waals surface area contributed by atoms with Gasteiger partial charge >= 0.3 is 12.1 Å². The van der Waals surface area contributed by atoms with Crippen molar-refractivity contribution in [1.29, 1.82) is 0 Å². The molecule has 35 heavy (non-hydrogen) atoms. The van der Waals surface area contributed by atoms with E-state index in [0.717, 1.165) is 27.8 Å². The number of carbonyl (C=O) groups is 3. The number of ether oxygens (including phenoxy) is 1. The summed E-state index contributed by atoms with van der Waals surface area (Å²) in [4.78, 5) is 38.7. The summed E-state index contributed by atoms with van der Waals surface area (Å²) in [7, 11) is 1.67. The Hall–Kier alpha value is -3.61. The van der Waals surface area contributed by atoms with Gasteiger partial charge in [0.05, 0.1) is 5.92 Å². The first-order chi connectivity index (χ1) is 16.8. The standard InChI is InChI=1S/C28H32N2O5/c1-17(2)12-13-25(26(31)30(3)19-14-18(15-19)27(32)33)29-28(34)35-16-24-22-10-6-4-8-20(22)21-9-5-7-11-23(21)24/h4-12,18-19,24-25H,13-16H2,1-3H3,(H,29,34)(H,32,33). The van der Waals surface area contributed by atoms with Crippen molar-refractivity contribution in [2.75, 3.05) is 13.7 Å². The van der Waals surface area contributed by atoms with E-state index in [2.05, 4.69) is 29.6 Å². The van der Waals surface area contributed by atoms with Crippen LogP contribution in [0.5, 0.6) is 0 Å². The van der Waals surface area contributed by atoms with Crippen LogP contribution in [0.1, 0.15) is 50.2 Å². The first-order valence-electron chi connectivity index (χ1n) is 12.0. The Bertz CT molecular complexity index is 1100. The van der Waals surface area contributed by atoms with Crippen molar-refractivity contribution in [2.24, 2.45) is 5.92 Å². The third-order valence-electron chi connectivity index (χ3n) is 7.05. The van der Waals surface area contributed by atoms with Crippen LogP contribution >= 0.6 is 0 Å². The smallest absolute Gasteiger partial charge is 0.407 e. The van der Waals surface area contributed by atoms with Crippen LogP contribution in [-0.2, 0) is 14.3 Å². The minimum absolute atomic E-state index is 0.0642. The van der Waals surface area contributed by atoms with Crippen molar-refractivity contribution in [1.82, 2.24) is 10.2 Å². The predicted molar refractivity (Wildman–Crippen MR) is 133 cm³/mol. The Morgan fingerprint density at radius 2 is 1.63 bits per heavy atom. The lowest BCUT2D eigenvalue weighted by Gasteiger charge is -2.40.